The molecular formula is C17H28N2. The zero-order chi connectivity index (χ0) is 14.0. The van der Waals surface area contributed by atoms with Crippen LogP contribution in [0.4, 0.5) is 0 Å². The summed E-state index contributed by atoms with van der Waals surface area (Å²) in [5.41, 5.74) is 1.77. The average molecular weight is 260 g/mol. The molecule has 3 atom stereocenters. The molecule has 0 aromatic rings. The summed E-state index contributed by atoms with van der Waals surface area (Å²) in [7, 11) is 1.85. The van der Waals surface area contributed by atoms with Crippen molar-refractivity contribution in [3.8, 4) is 0 Å². The Kier molecular flexibility index (Phi) is 4.17. The van der Waals surface area contributed by atoms with Gasteiger partial charge in [-0.15, -0.1) is 0 Å². The Morgan fingerprint density at radius 1 is 1.42 bits per heavy atom. The molecule has 2 heteroatoms. The molecule has 0 saturated heterocycles. The average Bonchev–Trinajstić information content (AvgIpc) is 2.88. The third-order valence-electron chi connectivity index (χ3n) is 5.61. The standard InChI is InChI=1S/C17H28N2/c1-6-17(4,7-2)15-10-12(3)14(15)11-13-8-9-19-16(13)18-5/h8-9,11-12,14-15H,6-7,10H2,1-5H3,(H,18,19)/b13-11-. The maximum Gasteiger partial charge on any atom is 0.131 e. The number of hydrogen-bond acceptors (Lipinski definition) is 1. The zero-order valence-electron chi connectivity index (χ0n) is 13.0. The van der Waals surface area contributed by atoms with Gasteiger partial charge >= 0.3 is 0 Å². The van der Waals surface area contributed by atoms with Crippen LogP contribution in [0.25, 0.3) is 0 Å². The van der Waals surface area contributed by atoms with Gasteiger partial charge in [0.25, 0.3) is 0 Å². The van der Waals surface area contributed by atoms with Gasteiger partial charge in [-0.3, -0.25) is 4.99 Å². The molecule has 0 aromatic carbocycles. The quantitative estimate of drug-likeness (QED) is 0.806. The van der Waals surface area contributed by atoms with E-state index in [0.717, 1.165) is 17.7 Å². The number of amidine groups is 1. The highest BCUT2D eigenvalue weighted by atomic mass is 15.0. The Labute approximate surface area is 118 Å². The predicted octanol–water partition coefficient (Wildman–Crippen LogP) is 4.16. The second kappa shape index (κ2) is 5.52. The molecule has 0 spiro atoms. The summed E-state index contributed by atoms with van der Waals surface area (Å²) in [5.74, 6) is 3.37. The lowest BCUT2D eigenvalue weighted by molar-refractivity contribution is 0.000220. The third-order valence-corrected chi connectivity index (χ3v) is 5.61. The van der Waals surface area contributed by atoms with E-state index in [-0.39, 0.29) is 0 Å². The van der Waals surface area contributed by atoms with Gasteiger partial charge in [0.15, 0.2) is 0 Å². The normalized spacial score (nSPS) is 34.7. The Morgan fingerprint density at radius 2 is 2.11 bits per heavy atom. The van der Waals surface area contributed by atoms with E-state index in [0.29, 0.717) is 11.3 Å². The molecule has 1 fully saturated rings. The highest BCUT2D eigenvalue weighted by Crippen LogP contribution is 2.53. The Bertz CT molecular complexity index is 413. The summed E-state index contributed by atoms with van der Waals surface area (Å²) in [6.45, 7) is 9.53. The van der Waals surface area contributed by atoms with Crippen molar-refractivity contribution in [1.82, 2.24) is 5.32 Å². The van der Waals surface area contributed by atoms with Crippen molar-refractivity contribution < 1.29 is 0 Å². The van der Waals surface area contributed by atoms with E-state index in [4.69, 9.17) is 0 Å². The molecule has 106 valence electrons. The van der Waals surface area contributed by atoms with Crippen LogP contribution in [0.5, 0.6) is 0 Å². The summed E-state index contributed by atoms with van der Waals surface area (Å²) in [6, 6.07) is 0. The lowest BCUT2D eigenvalue weighted by Crippen LogP contribution is -2.44. The molecule has 0 radical (unpaired) electrons. The number of nitrogens with one attached hydrogen (secondary N) is 1. The minimum atomic E-state index is 0.494. The van der Waals surface area contributed by atoms with Gasteiger partial charge in [-0.2, -0.15) is 0 Å². The Morgan fingerprint density at radius 3 is 2.63 bits per heavy atom. The summed E-state index contributed by atoms with van der Waals surface area (Å²) in [6.07, 6.45) is 10.5. The van der Waals surface area contributed by atoms with Crippen LogP contribution in [0.3, 0.4) is 0 Å². The van der Waals surface area contributed by atoms with Crippen molar-refractivity contribution in [1.29, 1.82) is 0 Å². The van der Waals surface area contributed by atoms with E-state index in [1.807, 2.05) is 13.2 Å². The smallest absolute Gasteiger partial charge is 0.131 e. The highest BCUT2D eigenvalue weighted by Gasteiger charge is 2.46. The second-order valence-electron chi connectivity index (χ2n) is 6.43. The molecule has 0 amide bonds. The monoisotopic (exact) mass is 260 g/mol. The van der Waals surface area contributed by atoms with E-state index < -0.39 is 0 Å². The van der Waals surface area contributed by atoms with Gasteiger partial charge < -0.3 is 5.32 Å². The topological polar surface area (TPSA) is 24.4 Å². The molecule has 1 aliphatic carbocycles. The molecule has 2 nitrogen and oxygen atoms in total. The second-order valence-corrected chi connectivity index (χ2v) is 6.43. The predicted molar refractivity (Wildman–Crippen MR) is 83.2 cm³/mol. The van der Waals surface area contributed by atoms with Crippen molar-refractivity contribution in [2.75, 3.05) is 7.05 Å². The molecule has 1 saturated carbocycles. The zero-order valence-corrected chi connectivity index (χ0v) is 13.0. The van der Waals surface area contributed by atoms with Gasteiger partial charge in [0, 0.05) is 18.8 Å². The molecule has 3 unspecified atom stereocenters. The van der Waals surface area contributed by atoms with Crippen molar-refractivity contribution in [3.63, 3.8) is 0 Å². The Hall–Kier alpha value is -1.05. The van der Waals surface area contributed by atoms with E-state index in [9.17, 15) is 0 Å². The summed E-state index contributed by atoms with van der Waals surface area (Å²) in [4.78, 5) is 4.31. The first-order valence-corrected chi connectivity index (χ1v) is 7.67. The molecule has 1 heterocycles. The van der Waals surface area contributed by atoms with Crippen LogP contribution >= 0.6 is 0 Å². The largest absolute Gasteiger partial charge is 0.346 e. The van der Waals surface area contributed by atoms with E-state index in [2.05, 4.69) is 50.2 Å². The van der Waals surface area contributed by atoms with Gasteiger partial charge in [-0.25, -0.2) is 0 Å². The molecule has 1 aliphatic heterocycles. The fraction of sp³-hybridized carbons (Fsp3) is 0.706. The molecule has 2 rings (SSSR count). The molecule has 2 aliphatic rings. The maximum atomic E-state index is 4.31. The number of nitrogens with zero attached hydrogens (tertiary/aromatic N) is 1. The number of rotatable bonds is 4. The van der Waals surface area contributed by atoms with Gasteiger partial charge in [0.05, 0.1) is 0 Å². The molecule has 0 aromatic heterocycles. The lowest BCUT2D eigenvalue weighted by atomic mass is 9.53. The van der Waals surface area contributed by atoms with Crippen molar-refractivity contribution >= 4 is 5.84 Å². The van der Waals surface area contributed by atoms with Crippen molar-refractivity contribution in [2.45, 2.75) is 47.0 Å². The fourth-order valence-electron chi connectivity index (χ4n) is 3.63. The third kappa shape index (κ3) is 2.50. The summed E-state index contributed by atoms with van der Waals surface area (Å²) >= 11 is 0. The van der Waals surface area contributed by atoms with E-state index in [1.165, 1.54) is 24.8 Å². The summed E-state index contributed by atoms with van der Waals surface area (Å²) < 4.78 is 0. The van der Waals surface area contributed by atoms with Crippen LogP contribution in [-0.2, 0) is 0 Å². The fourth-order valence-corrected chi connectivity index (χ4v) is 3.63. The van der Waals surface area contributed by atoms with Gasteiger partial charge in [-0.1, -0.05) is 46.6 Å². The highest BCUT2D eigenvalue weighted by molar-refractivity contribution is 6.03. The van der Waals surface area contributed by atoms with E-state index in [1.54, 1.807) is 0 Å². The first-order chi connectivity index (χ1) is 9.05. The first-order valence-electron chi connectivity index (χ1n) is 7.67. The summed E-state index contributed by atoms with van der Waals surface area (Å²) in [5, 5.41) is 3.21. The maximum absolute atomic E-state index is 4.31. The van der Waals surface area contributed by atoms with Crippen LogP contribution in [0.15, 0.2) is 28.9 Å². The minimum absolute atomic E-state index is 0.494. The molecular weight excluding hydrogens is 232 g/mol. The number of aliphatic imine (C=N–C) groups is 1. The van der Waals surface area contributed by atoms with Crippen LogP contribution in [0, 0.1) is 23.2 Å². The van der Waals surface area contributed by atoms with Crippen molar-refractivity contribution in [2.24, 2.45) is 28.2 Å². The van der Waals surface area contributed by atoms with Crippen molar-refractivity contribution in [3.05, 3.63) is 23.9 Å². The van der Waals surface area contributed by atoms with Gasteiger partial charge in [0.1, 0.15) is 5.84 Å². The number of hydrogen-bond donors (Lipinski definition) is 1. The molecule has 1 N–H and O–H groups in total. The van der Waals surface area contributed by atoms with Gasteiger partial charge in [0.2, 0.25) is 0 Å². The molecule has 0 bridgehead atoms. The van der Waals surface area contributed by atoms with E-state index >= 15 is 0 Å². The lowest BCUT2D eigenvalue weighted by Gasteiger charge is -2.51. The number of allylic oxidation sites excluding steroid dienone is 1. The van der Waals surface area contributed by atoms with Crippen LogP contribution in [0.1, 0.15) is 47.0 Å². The van der Waals surface area contributed by atoms with Crippen LogP contribution < -0.4 is 5.32 Å². The first kappa shape index (κ1) is 14.4. The Balaban J connectivity index is 2.19. The van der Waals surface area contributed by atoms with Crippen LogP contribution in [-0.4, -0.2) is 12.9 Å². The molecule has 19 heavy (non-hydrogen) atoms. The van der Waals surface area contributed by atoms with Crippen LogP contribution in [0.2, 0.25) is 0 Å². The van der Waals surface area contributed by atoms with Gasteiger partial charge in [-0.05, 0) is 35.7 Å². The SMILES string of the molecule is CCC(C)(CC)C1CC(C)C1/C=C1/C=CN/C1=N/C. The minimum Gasteiger partial charge on any atom is -0.346 e.